The van der Waals surface area contributed by atoms with E-state index in [0.29, 0.717) is 12.5 Å². The number of hydrogen-bond acceptors (Lipinski definition) is 2. The standard InChI is InChI=1S/C10H20N2O/c1-4-9-11-7-10(13)12(9)6-5-8(2)3/h8-9,11H,4-7H2,1-3H3. The molecule has 0 spiro atoms. The van der Waals surface area contributed by atoms with Crippen molar-refractivity contribution in [3.8, 4) is 0 Å². The van der Waals surface area contributed by atoms with Crippen molar-refractivity contribution in [1.82, 2.24) is 10.2 Å². The summed E-state index contributed by atoms with van der Waals surface area (Å²) in [6.45, 7) is 7.92. The number of hydrogen-bond donors (Lipinski definition) is 1. The Balaban J connectivity index is 2.40. The van der Waals surface area contributed by atoms with Crippen molar-refractivity contribution < 1.29 is 4.79 Å². The highest BCUT2D eigenvalue weighted by Crippen LogP contribution is 2.11. The van der Waals surface area contributed by atoms with Crippen molar-refractivity contribution in [3.05, 3.63) is 0 Å². The van der Waals surface area contributed by atoms with Crippen LogP contribution in [0.15, 0.2) is 0 Å². The van der Waals surface area contributed by atoms with E-state index < -0.39 is 0 Å². The molecule has 0 aliphatic carbocycles. The smallest absolute Gasteiger partial charge is 0.237 e. The lowest BCUT2D eigenvalue weighted by molar-refractivity contribution is -0.128. The predicted octanol–water partition coefficient (Wildman–Crippen LogP) is 1.20. The van der Waals surface area contributed by atoms with Gasteiger partial charge in [-0.15, -0.1) is 0 Å². The molecule has 1 aliphatic heterocycles. The van der Waals surface area contributed by atoms with Gasteiger partial charge in [0.2, 0.25) is 5.91 Å². The Bertz CT molecular complexity index is 180. The van der Waals surface area contributed by atoms with Gasteiger partial charge in [0.25, 0.3) is 0 Å². The second kappa shape index (κ2) is 4.61. The molecule has 0 radical (unpaired) electrons. The van der Waals surface area contributed by atoms with Crippen LogP contribution in [0.4, 0.5) is 0 Å². The topological polar surface area (TPSA) is 32.3 Å². The highest BCUT2D eigenvalue weighted by molar-refractivity contribution is 5.80. The second-order valence-corrected chi connectivity index (χ2v) is 4.07. The first kappa shape index (κ1) is 10.5. The van der Waals surface area contributed by atoms with E-state index in [2.05, 4.69) is 26.1 Å². The lowest BCUT2D eigenvalue weighted by Gasteiger charge is -2.23. The summed E-state index contributed by atoms with van der Waals surface area (Å²) in [5.74, 6) is 0.929. The van der Waals surface area contributed by atoms with Gasteiger partial charge in [0.05, 0.1) is 12.7 Å². The summed E-state index contributed by atoms with van der Waals surface area (Å²) in [7, 11) is 0. The van der Waals surface area contributed by atoms with Gasteiger partial charge in [0, 0.05) is 6.54 Å². The first-order valence-electron chi connectivity index (χ1n) is 5.18. The summed E-state index contributed by atoms with van der Waals surface area (Å²) in [5.41, 5.74) is 0. The largest absolute Gasteiger partial charge is 0.326 e. The van der Waals surface area contributed by atoms with Crippen molar-refractivity contribution in [3.63, 3.8) is 0 Å². The molecule has 13 heavy (non-hydrogen) atoms. The molecule has 1 fully saturated rings. The van der Waals surface area contributed by atoms with Crippen molar-refractivity contribution in [2.75, 3.05) is 13.1 Å². The molecule has 3 heteroatoms. The van der Waals surface area contributed by atoms with Gasteiger partial charge in [-0.25, -0.2) is 0 Å². The van der Waals surface area contributed by atoms with Gasteiger partial charge in [-0.05, 0) is 18.8 Å². The number of nitrogens with zero attached hydrogens (tertiary/aromatic N) is 1. The summed E-state index contributed by atoms with van der Waals surface area (Å²) in [6.07, 6.45) is 2.39. The molecule has 1 atom stereocenters. The summed E-state index contributed by atoms with van der Waals surface area (Å²) in [5, 5.41) is 3.21. The Morgan fingerprint density at radius 2 is 2.31 bits per heavy atom. The fraction of sp³-hybridized carbons (Fsp3) is 0.900. The van der Waals surface area contributed by atoms with E-state index in [1.54, 1.807) is 0 Å². The van der Waals surface area contributed by atoms with Crippen molar-refractivity contribution in [2.45, 2.75) is 39.8 Å². The maximum Gasteiger partial charge on any atom is 0.237 e. The Morgan fingerprint density at radius 3 is 2.85 bits per heavy atom. The van der Waals surface area contributed by atoms with Crippen molar-refractivity contribution >= 4 is 5.91 Å². The fourth-order valence-electron chi connectivity index (χ4n) is 1.63. The van der Waals surface area contributed by atoms with Crippen LogP contribution in [0.1, 0.15) is 33.6 Å². The molecule has 1 N–H and O–H groups in total. The maximum atomic E-state index is 11.4. The van der Waals surface area contributed by atoms with Crippen LogP contribution in [0.5, 0.6) is 0 Å². The van der Waals surface area contributed by atoms with Gasteiger partial charge in [-0.2, -0.15) is 0 Å². The summed E-state index contributed by atoms with van der Waals surface area (Å²) in [4.78, 5) is 13.4. The molecule has 76 valence electrons. The van der Waals surface area contributed by atoms with E-state index in [1.807, 2.05) is 4.90 Å². The molecule has 1 unspecified atom stereocenters. The summed E-state index contributed by atoms with van der Waals surface area (Å²) >= 11 is 0. The minimum Gasteiger partial charge on any atom is -0.326 e. The van der Waals surface area contributed by atoms with Crippen LogP contribution in [-0.2, 0) is 4.79 Å². The zero-order chi connectivity index (χ0) is 9.84. The van der Waals surface area contributed by atoms with Crippen LogP contribution in [0, 0.1) is 5.92 Å². The Hall–Kier alpha value is -0.570. The Morgan fingerprint density at radius 1 is 1.62 bits per heavy atom. The molecule has 0 saturated carbocycles. The molecule has 1 aliphatic rings. The van der Waals surface area contributed by atoms with Crippen LogP contribution in [0.2, 0.25) is 0 Å². The summed E-state index contributed by atoms with van der Waals surface area (Å²) in [6, 6.07) is 0. The zero-order valence-corrected chi connectivity index (χ0v) is 8.84. The van der Waals surface area contributed by atoms with Gasteiger partial charge < -0.3 is 4.90 Å². The molecule has 0 aromatic heterocycles. The van der Waals surface area contributed by atoms with Crippen LogP contribution < -0.4 is 5.32 Å². The Kier molecular flexibility index (Phi) is 3.72. The van der Waals surface area contributed by atoms with E-state index in [1.165, 1.54) is 0 Å². The van der Waals surface area contributed by atoms with Gasteiger partial charge in [0.15, 0.2) is 0 Å². The highest BCUT2D eigenvalue weighted by Gasteiger charge is 2.28. The highest BCUT2D eigenvalue weighted by atomic mass is 16.2. The van der Waals surface area contributed by atoms with Gasteiger partial charge >= 0.3 is 0 Å². The zero-order valence-electron chi connectivity index (χ0n) is 8.84. The van der Waals surface area contributed by atoms with E-state index in [9.17, 15) is 4.79 Å². The molecule has 0 aromatic carbocycles. The third-order valence-electron chi connectivity index (χ3n) is 2.52. The van der Waals surface area contributed by atoms with Crippen molar-refractivity contribution in [2.24, 2.45) is 5.92 Å². The van der Waals surface area contributed by atoms with Crippen LogP contribution in [0.25, 0.3) is 0 Å². The van der Waals surface area contributed by atoms with E-state index in [4.69, 9.17) is 0 Å². The van der Waals surface area contributed by atoms with Crippen molar-refractivity contribution in [1.29, 1.82) is 0 Å². The number of carbonyl (C=O) groups excluding carboxylic acids is 1. The predicted molar refractivity (Wildman–Crippen MR) is 53.2 cm³/mol. The third-order valence-corrected chi connectivity index (χ3v) is 2.52. The van der Waals surface area contributed by atoms with Crippen LogP contribution >= 0.6 is 0 Å². The first-order chi connectivity index (χ1) is 6.15. The minimum atomic E-state index is 0.257. The molecule has 1 amide bonds. The number of nitrogens with one attached hydrogen (secondary N) is 1. The van der Waals surface area contributed by atoms with Crippen LogP contribution in [0.3, 0.4) is 0 Å². The van der Waals surface area contributed by atoms with Crippen LogP contribution in [-0.4, -0.2) is 30.1 Å². The number of rotatable bonds is 4. The second-order valence-electron chi connectivity index (χ2n) is 4.07. The SMILES string of the molecule is CCC1NCC(=O)N1CCC(C)C. The lowest BCUT2D eigenvalue weighted by atomic mass is 10.1. The quantitative estimate of drug-likeness (QED) is 0.712. The monoisotopic (exact) mass is 184 g/mol. The average Bonchev–Trinajstić information content (AvgIpc) is 2.43. The van der Waals surface area contributed by atoms with Gasteiger partial charge in [0.1, 0.15) is 0 Å². The van der Waals surface area contributed by atoms with E-state index in [0.717, 1.165) is 19.4 Å². The van der Waals surface area contributed by atoms with E-state index >= 15 is 0 Å². The average molecular weight is 184 g/mol. The molecule has 1 heterocycles. The molecule has 1 rings (SSSR count). The van der Waals surface area contributed by atoms with Gasteiger partial charge in [-0.3, -0.25) is 10.1 Å². The molecular weight excluding hydrogens is 164 g/mol. The molecule has 0 bridgehead atoms. The van der Waals surface area contributed by atoms with E-state index in [-0.39, 0.29) is 12.1 Å². The molecule has 0 aromatic rings. The fourth-order valence-corrected chi connectivity index (χ4v) is 1.63. The lowest BCUT2D eigenvalue weighted by Crippen LogP contribution is -2.37. The normalized spacial score (nSPS) is 23.2. The number of carbonyl (C=O) groups is 1. The maximum absolute atomic E-state index is 11.4. The molecule has 3 nitrogen and oxygen atoms in total. The Labute approximate surface area is 80.5 Å². The third kappa shape index (κ3) is 2.69. The molecular formula is C10H20N2O. The first-order valence-corrected chi connectivity index (χ1v) is 5.18. The molecule has 1 saturated heterocycles. The minimum absolute atomic E-state index is 0.257. The summed E-state index contributed by atoms with van der Waals surface area (Å²) < 4.78 is 0. The number of amides is 1. The van der Waals surface area contributed by atoms with Gasteiger partial charge in [-0.1, -0.05) is 20.8 Å².